The van der Waals surface area contributed by atoms with Crippen molar-refractivity contribution in [3.8, 4) is 0 Å². The van der Waals surface area contributed by atoms with Crippen molar-refractivity contribution in [2.24, 2.45) is 7.05 Å². The monoisotopic (exact) mass is 234 g/mol. The average molecular weight is 234 g/mol. The number of halogens is 3. The van der Waals surface area contributed by atoms with Crippen LogP contribution in [0.3, 0.4) is 0 Å². The average Bonchev–Trinajstić information content (AvgIpc) is 2.43. The lowest BCUT2D eigenvalue weighted by Crippen LogP contribution is -2.26. The van der Waals surface area contributed by atoms with Gasteiger partial charge in [-0.1, -0.05) is 20.8 Å². The maximum Gasteiger partial charge on any atom is 0.454 e. The first-order chi connectivity index (χ1) is 7.03. The number of Topliss-reactive ketones (excluding diaryl/α,β-unsaturated/α-hetero) is 1. The molecule has 1 aromatic rings. The van der Waals surface area contributed by atoms with E-state index in [0.717, 1.165) is 6.20 Å². The highest BCUT2D eigenvalue weighted by Gasteiger charge is 2.42. The van der Waals surface area contributed by atoms with E-state index in [1.54, 1.807) is 20.8 Å². The van der Waals surface area contributed by atoms with Crippen LogP contribution in [-0.2, 0) is 12.5 Å². The third-order valence-electron chi connectivity index (χ3n) is 2.04. The topological polar surface area (TPSA) is 34.9 Å². The summed E-state index contributed by atoms with van der Waals surface area (Å²) in [5.74, 6) is -1.84. The van der Waals surface area contributed by atoms with Crippen LogP contribution in [0.4, 0.5) is 13.2 Å². The van der Waals surface area contributed by atoms with Gasteiger partial charge >= 0.3 is 6.18 Å². The molecule has 3 nitrogen and oxygen atoms in total. The molecule has 0 bridgehead atoms. The van der Waals surface area contributed by atoms with Crippen LogP contribution in [-0.4, -0.2) is 21.7 Å². The van der Waals surface area contributed by atoms with E-state index >= 15 is 0 Å². The maximum absolute atomic E-state index is 12.3. The lowest BCUT2D eigenvalue weighted by molar-refractivity contribution is -0.0886. The Hall–Kier alpha value is -1.33. The summed E-state index contributed by atoms with van der Waals surface area (Å²) in [5.41, 5.74) is -0.808. The molecule has 0 aromatic carbocycles. The zero-order chi connectivity index (χ0) is 12.7. The molecule has 1 aromatic heterocycles. The molecule has 1 heterocycles. The van der Waals surface area contributed by atoms with Crippen molar-refractivity contribution in [2.45, 2.75) is 32.4 Å². The van der Waals surface area contributed by atoms with Gasteiger partial charge in [0.25, 0.3) is 5.78 Å². The van der Waals surface area contributed by atoms with Crippen LogP contribution in [0.1, 0.15) is 36.8 Å². The second kappa shape index (κ2) is 3.61. The molecule has 90 valence electrons. The smallest absolute Gasteiger partial charge is 0.284 e. The van der Waals surface area contributed by atoms with E-state index in [1.165, 1.54) is 11.7 Å². The Labute approximate surface area is 91.3 Å². The van der Waals surface area contributed by atoms with Gasteiger partial charge in [-0.25, -0.2) is 0 Å². The summed E-state index contributed by atoms with van der Waals surface area (Å²) < 4.78 is 38.2. The lowest BCUT2D eigenvalue weighted by atomic mass is 9.88. The van der Waals surface area contributed by atoms with Crippen molar-refractivity contribution in [3.05, 3.63) is 17.5 Å². The van der Waals surface area contributed by atoms with Gasteiger partial charge in [-0.2, -0.15) is 18.3 Å². The first kappa shape index (κ1) is 12.7. The molecule has 0 N–H and O–H groups in total. The van der Waals surface area contributed by atoms with Crippen molar-refractivity contribution in [2.75, 3.05) is 0 Å². The van der Waals surface area contributed by atoms with Crippen molar-refractivity contribution in [3.63, 3.8) is 0 Å². The normalized spacial score (nSPS) is 12.9. The van der Waals surface area contributed by atoms with Gasteiger partial charge in [-0.05, 0) is 0 Å². The van der Waals surface area contributed by atoms with Crippen LogP contribution in [0.15, 0.2) is 6.20 Å². The van der Waals surface area contributed by atoms with Gasteiger partial charge in [0, 0.05) is 18.7 Å². The van der Waals surface area contributed by atoms with E-state index in [4.69, 9.17) is 0 Å². The standard InChI is InChI=1S/C10H13F3N2O/c1-9(2,3)7-6(5-15(4)14-7)8(16)10(11,12)13/h5H,1-4H3. The lowest BCUT2D eigenvalue weighted by Gasteiger charge is -2.17. The van der Waals surface area contributed by atoms with E-state index in [0.29, 0.717) is 0 Å². The van der Waals surface area contributed by atoms with E-state index < -0.39 is 17.4 Å². The molecular formula is C10H13F3N2O. The first-order valence-electron chi connectivity index (χ1n) is 4.69. The van der Waals surface area contributed by atoms with E-state index in [1.807, 2.05) is 0 Å². The Morgan fingerprint density at radius 2 is 1.81 bits per heavy atom. The molecule has 0 spiro atoms. The SMILES string of the molecule is Cn1cc(C(=O)C(F)(F)F)c(C(C)(C)C)n1. The predicted molar refractivity (Wildman–Crippen MR) is 52.3 cm³/mol. The fourth-order valence-corrected chi connectivity index (χ4v) is 1.36. The third kappa shape index (κ3) is 2.43. The maximum atomic E-state index is 12.3. The highest BCUT2D eigenvalue weighted by Crippen LogP contribution is 2.29. The number of carbonyl (C=O) groups excluding carboxylic acids is 1. The van der Waals surface area contributed by atoms with Crippen LogP contribution in [0, 0.1) is 0 Å². The molecule has 0 atom stereocenters. The van der Waals surface area contributed by atoms with Crippen LogP contribution in [0.25, 0.3) is 0 Å². The van der Waals surface area contributed by atoms with Crippen molar-refractivity contribution in [1.29, 1.82) is 0 Å². The number of carbonyl (C=O) groups is 1. The highest BCUT2D eigenvalue weighted by atomic mass is 19.4. The number of rotatable bonds is 1. The molecule has 0 aliphatic rings. The van der Waals surface area contributed by atoms with Gasteiger partial charge in [0.15, 0.2) is 0 Å². The van der Waals surface area contributed by atoms with E-state index in [-0.39, 0.29) is 11.3 Å². The van der Waals surface area contributed by atoms with Crippen molar-refractivity contribution < 1.29 is 18.0 Å². The number of hydrogen-bond donors (Lipinski definition) is 0. The summed E-state index contributed by atoms with van der Waals surface area (Å²) in [5, 5.41) is 3.91. The highest BCUT2D eigenvalue weighted by molar-refractivity contribution is 6.01. The van der Waals surface area contributed by atoms with Gasteiger partial charge in [-0.15, -0.1) is 0 Å². The minimum Gasteiger partial charge on any atom is -0.284 e. The zero-order valence-electron chi connectivity index (χ0n) is 9.51. The van der Waals surface area contributed by atoms with Gasteiger partial charge in [0.2, 0.25) is 0 Å². The summed E-state index contributed by atoms with van der Waals surface area (Å²) in [4.78, 5) is 11.2. The minimum atomic E-state index is -4.86. The quantitative estimate of drug-likeness (QED) is 0.699. The number of ketones is 1. The van der Waals surface area contributed by atoms with Gasteiger partial charge < -0.3 is 0 Å². The molecule has 0 aliphatic carbocycles. The van der Waals surface area contributed by atoms with Crippen molar-refractivity contribution in [1.82, 2.24) is 9.78 Å². The fraction of sp³-hybridized carbons (Fsp3) is 0.600. The van der Waals surface area contributed by atoms with Crippen LogP contribution < -0.4 is 0 Å². The Morgan fingerprint density at radius 1 is 1.31 bits per heavy atom. The minimum absolute atomic E-state index is 0.164. The molecule has 6 heteroatoms. The molecule has 0 amide bonds. The molecule has 0 saturated heterocycles. The molecule has 0 fully saturated rings. The Balaban J connectivity index is 3.30. The number of aryl methyl sites for hydroxylation is 1. The third-order valence-corrected chi connectivity index (χ3v) is 2.04. The fourth-order valence-electron chi connectivity index (χ4n) is 1.36. The summed E-state index contributed by atoms with van der Waals surface area (Å²) in [7, 11) is 1.49. The summed E-state index contributed by atoms with van der Waals surface area (Å²) >= 11 is 0. The summed E-state index contributed by atoms with van der Waals surface area (Å²) in [6.07, 6.45) is -3.75. The van der Waals surface area contributed by atoms with E-state index in [9.17, 15) is 18.0 Å². The van der Waals surface area contributed by atoms with Gasteiger partial charge in [0.05, 0.1) is 11.3 Å². The second-order valence-corrected chi connectivity index (χ2v) is 4.64. The summed E-state index contributed by atoms with van der Waals surface area (Å²) in [6, 6.07) is 0. The Morgan fingerprint density at radius 3 is 2.19 bits per heavy atom. The number of hydrogen-bond acceptors (Lipinski definition) is 2. The second-order valence-electron chi connectivity index (χ2n) is 4.64. The number of nitrogens with zero attached hydrogens (tertiary/aromatic N) is 2. The Kier molecular flexibility index (Phi) is 2.87. The molecular weight excluding hydrogens is 221 g/mol. The molecule has 0 saturated carbocycles. The van der Waals surface area contributed by atoms with Gasteiger partial charge in [0.1, 0.15) is 0 Å². The summed E-state index contributed by atoms with van der Waals surface area (Å²) in [6.45, 7) is 5.13. The molecule has 16 heavy (non-hydrogen) atoms. The van der Waals surface area contributed by atoms with E-state index in [2.05, 4.69) is 5.10 Å². The van der Waals surface area contributed by atoms with Crippen LogP contribution in [0.2, 0.25) is 0 Å². The molecule has 0 aliphatic heterocycles. The van der Waals surface area contributed by atoms with Crippen LogP contribution >= 0.6 is 0 Å². The number of alkyl halides is 3. The number of aromatic nitrogens is 2. The predicted octanol–water partition coefficient (Wildman–Crippen LogP) is 2.46. The largest absolute Gasteiger partial charge is 0.454 e. The molecule has 0 unspecified atom stereocenters. The zero-order valence-corrected chi connectivity index (χ0v) is 9.51. The molecule has 1 rings (SSSR count). The van der Waals surface area contributed by atoms with Crippen molar-refractivity contribution >= 4 is 5.78 Å². The Bertz CT molecular complexity index is 413. The molecule has 0 radical (unpaired) electrons. The first-order valence-corrected chi connectivity index (χ1v) is 4.69. The van der Waals surface area contributed by atoms with Gasteiger partial charge in [-0.3, -0.25) is 9.48 Å². The van der Waals surface area contributed by atoms with Crippen LogP contribution in [0.5, 0.6) is 0 Å².